The smallest absolute Gasteiger partial charge is 0.132 e. The molecule has 102 valence electrons. The van der Waals surface area contributed by atoms with Crippen molar-refractivity contribution >= 4 is 0 Å². The highest BCUT2D eigenvalue weighted by molar-refractivity contribution is 5.34. The van der Waals surface area contributed by atoms with E-state index in [4.69, 9.17) is 9.97 Å². The molecule has 19 heavy (non-hydrogen) atoms. The molecule has 2 fully saturated rings. The van der Waals surface area contributed by atoms with E-state index in [1.807, 2.05) is 0 Å². The first-order valence-corrected chi connectivity index (χ1v) is 7.91. The minimum Gasteiger partial charge on any atom is -0.307 e. The largest absolute Gasteiger partial charge is 0.307 e. The number of nitrogens with one attached hydrogen (secondary N) is 1. The summed E-state index contributed by atoms with van der Waals surface area (Å²) in [6.45, 7) is 4.32. The molecule has 1 N–H and O–H groups in total. The first-order chi connectivity index (χ1) is 9.31. The van der Waals surface area contributed by atoms with E-state index in [0.717, 1.165) is 30.7 Å². The van der Waals surface area contributed by atoms with Gasteiger partial charge < -0.3 is 5.32 Å². The van der Waals surface area contributed by atoms with Gasteiger partial charge in [-0.15, -0.1) is 0 Å². The normalized spacial score (nSPS) is 30.4. The maximum Gasteiger partial charge on any atom is 0.132 e. The molecule has 0 amide bonds. The molecule has 1 aliphatic heterocycles. The Labute approximate surface area is 115 Å². The second kappa shape index (κ2) is 4.55. The Morgan fingerprint density at radius 1 is 0.895 bits per heavy atom. The second-order valence-electron chi connectivity index (χ2n) is 6.73. The number of hydrogen-bond acceptors (Lipinski definition) is 3. The summed E-state index contributed by atoms with van der Waals surface area (Å²) in [5.74, 6) is 3.43. The van der Waals surface area contributed by atoms with Gasteiger partial charge in [0.15, 0.2) is 0 Å². The fourth-order valence-electron chi connectivity index (χ4n) is 3.61. The SMILES string of the molecule is CC1CCC(c2nc3c(c(C4CC4)n2)CNC3)CC1. The first-order valence-electron chi connectivity index (χ1n) is 7.91. The van der Waals surface area contributed by atoms with Crippen LogP contribution in [-0.2, 0) is 13.1 Å². The van der Waals surface area contributed by atoms with Crippen molar-refractivity contribution in [2.45, 2.75) is 70.4 Å². The summed E-state index contributed by atoms with van der Waals surface area (Å²) >= 11 is 0. The first kappa shape index (κ1) is 11.8. The molecule has 3 nitrogen and oxygen atoms in total. The zero-order valence-corrected chi connectivity index (χ0v) is 11.8. The van der Waals surface area contributed by atoms with Crippen molar-refractivity contribution in [2.75, 3.05) is 0 Å². The fourth-order valence-corrected chi connectivity index (χ4v) is 3.61. The molecule has 1 aromatic heterocycles. The molecular formula is C16H23N3. The lowest BCUT2D eigenvalue weighted by Gasteiger charge is -2.25. The molecule has 0 bridgehead atoms. The van der Waals surface area contributed by atoms with Gasteiger partial charge in [0.2, 0.25) is 0 Å². The highest BCUT2D eigenvalue weighted by Gasteiger charge is 2.32. The van der Waals surface area contributed by atoms with Crippen LogP contribution in [0.5, 0.6) is 0 Å². The van der Waals surface area contributed by atoms with Crippen LogP contribution >= 0.6 is 0 Å². The van der Waals surface area contributed by atoms with Crippen LogP contribution in [0.3, 0.4) is 0 Å². The number of hydrogen-bond donors (Lipinski definition) is 1. The minimum atomic E-state index is 0.625. The van der Waals surface area contributed by atoms with Crippen LogP contribution in [0.15, 0.2) is 0 Å². The summed E-state index contributed by atoms with van der Waals surface area (Å²) in [7, 11) is 0. The number of aromatic nitrogens is 2. The van der Waals surface area contributed by atoms with Gasteiger partial charge in [-0.2, -0.15) is 0 Å². The Bertz CT molecular complexity index is 485. The lowest BCUT2D eigenvalue weighted by atomic mass is 9.82. The van der Waals surface area contributed by atoms with E-state index in [-0.39, 0.29) is 0 Å². The van der Waals surface area contributed by atoms with Crippen molar-refractivity contribution < 1.29 is 0 Å². The molecule has 0 spiro atoms. The summed E-state index contributed by atoms with van der Waals surface area (Å²) in [5.41, 5.74) is 4.12. The fraction of sp³-hybridized carbons (Fsp3) is 0.750. The van der Waals surface area contributed by atoms with Gasteiger partial charge in [0.05, 0.1) is 11.4 Å². The lowest BCUT2D eigenvalue weighted by Crippen LogP contribution is -2.15. The lowest BCUT2D eigenvalue weighted by molar-refractivity contribution is 0.339. The van der Waals surface area contributed by atoms with Gasteiger partial charge in [0.1, 0.15) is 5.82 Å². The third-order valence-corrected chi connectivity index (χ3v) is 5.08. The average Bonchev–Trinajstić information content (AvgIpc) is 3.16. The van der Waals surface area contributed by atoms with Crippen molar-refractivity contribution in [3.05, 3.63) is 22.8 Å². The molecular weight excluding hydrogens is 234 g/mol. The monoisotopic (exact) mass is 257 g/mol. The van der Waals surface area contributed by atoms with E-state index < -0.39 is 0 Å². The maximum atomic E-state index is 5.00. The van der Waals surface area contributed by atoms with Crippen molar-refractivity contribution in [2.24, 2.45) is 5.92 Å². The van der Waals surface area contributed by atoms with E-state index in [9.17, 15) is 0 Å². The van der Waals surface area contributed by atoms with E-state index in [0.29, 0.717) is 5.92 Å². The van der Waals surface area contributed by atoms with Crippen LogP contribution in [0, 0.1) is 5.92 Å². The third kappa shape index (κ3) is 2.18. The number of nitrogens with zero attached hydrogens (tertiary/aromatic N) is 2. The van der Waals surface area contributed by atoms with Gasteiger partial charge in [-0.25, -0.2) is 9.97 Å². The highest BCUT2D eigenvalue weighted by Crippen LogP contribution is 2.43. The molecule has 1 aromatic rings. The van der Waals surface area contributed by atoms with Gasteiger partial charge in [-0.3, -0.25) is 0 Å². The Balaban J connectivity index is 1.67. The zero-order chi connectivity index (χ0) is 12.8. The number of fused-ring (bicyclic) bond motifs is 1. The predicted octanol–water partition coefficient (Wildman–Crippen LogP) is 3.25. The van der Waals surface area contributed by atoms with E-state index >= 15 is 0 Å². The van der Waals surface area contributed by atoms with Gasteiger partial charge in [-0.05, 0) is 31.6 Å². The van der Waals surface area contributed by atoms with Crippen LogP contribution in [0.1, 0.15) is 80.1 Å². The van der Waals surface area contributed by atoms with E-state index in [1.165, 1.54) is 55.5 Å². The third-order valence-electron chi connectivity index (χ3n) is 5.08. The Hall–Kier alpha value is -0.960. The molecule has 3 heteroatoms. The van der Waals surface area contributed by atoms with E-state index in [2.05, 4.69) is 12.2 Å². The van der Waals surface area contributed by atoms with Crippen LogP contribution < -0.4 is 5.32 Å². The number of rotatable bonds is 2. The van der Waals surface area contributed by atoms with Crippen molar-refractivity contribution in [3.8, 4) is 0 Å². The Morgan fingerprint density at radius 2 is 1.63 bits per heavy atom. The molecule has 2 saturated carbocycles. The molecule has 2 aliphatic carbocycles. The van der Waals surface area contributed by atoms with Crippen LogP contribution in [0.25, 0.3) is 0 Å². The highest BCUT2D eigenvalue weighted by atomic mass is 15.0. The van der Waals surface area contributed by atoms with Crippen LogP contribution in [0.2, 0.25) is 0 Å². The minimum absolute atomic E-state index is 0.625. The zero-order valence-electron chi connectivity index (χ0n) is 11.8. The molecule has 3 aliphatic rings. The molecule has 0 aromatic carbocycles. The second-order valence-corrected chi connectivity index (χ2v) is 6.73. The van der Waals surface area contributed by atoms with Gasteiger partial charge in [0, 0.05) is 30.5 Å². The quantitative estimate of drug-likeness (QED) is 0.883. The molecule has 2 heterocycles. The molecule has 0 saturated heterocycles. The summed E-state index contributed by atoms with van der Waals surface area (Å²) < 4.78 is 0. The van der Waals surface area contributed by atoms with Gasteiger partial charge in [0.25, 0.3) is 0 Å². The molecule has 4 rings (SSSR count). The summed E-state index contributed by atoms with van der Waals surface area (Å²) in [6, 6.07) is 0. The maximum absolute atomic E-state index is 5.00. The Kier molecular flexibility index (Phi) is 2.83. The summed E-state index contributed by atoms with van der Waals surface area (Å²) in [4.78, 5) is 9.90. The van der Waals surface area contributed by atoms with Gasteiger partial charge >= 0.3 is 0 Å². The van der Waals surface area contributed by atoms with Crippen molar-refractivity contribution in [3.63, 3.8) is 0 Å². The molecule has 0 unspecified atom stereocenters. The van der Waals surface area contributed by atoms with Crippen molar-refractivity contribution in [1.29, 1.82) is 0 Å². The van der Waals surface area contributed by atoms with E-state index in [1.54, 1.807) is 0 Å². The summed E-state index contributed by atoms with van der Waals surface area (Å²) in [6.07, 6.45) is 7.95. The summed E-state index contributed by atoms with van der Waals surface area (Å²) in [5, 5.41) is 3.45. The standard InChI is InChI=1S/C16H23N3/c1-10-2-4-12(5-3-10)16-18-14-9-17-8-13(14)15(19-16)11-6-7-11/h10-12,17H,2-9H2,1H3. The predicted molar refractivity (Wildman–Crippen MR) is 74.9 cm³/mol. The topological polar surface area (TPSA) is 37.8 Å². The van der Waals surface area contributed by atoms with Crippen molar-refractivity contribution in [1.82, 2.24) is 15.3 Å². The average molecular weight is 257 g/mol. The van der Waals surface area contributed by atoms with Gasteiger partial charge in [-0.1, -0.05) is 19.8 Å². The van der Waals surface area contributed by atoms with Crippen LogP contribution in [0.4, 0.5) is 0 Å². The molecule has 0 radical (unpaired) electrons. The van der Waals surface area contributed by atoms with Crippen LogP contribution in [-0.4, -0.2) is 9.97 Å². The molecule has 0 atom stereocenters. The Morgan fingerprint density at radius 3 is 2.37 bits per heavy atom.